The summed E-state index contributed by atoms with van der Waals surface area (Å²) in [4.78, 5) is 4.52. The van der Waals surface area contributed by atoms with Gasteiger partial charge < -0.3 is 9.52 Å². The van der Waals surface area contributed by atoms with Crippen LogP contribution in [0.5, 0.6) is 0 Å². The second-order valence-corrected chi connectivity index (χ2v) is 5.84. The van der Waals surface area contributed by atoms with Crippen molar-refractivity contribution < 1.29 is 9.52 Å². The largest absolute Gasteiger partial charge is 0.441 e. The number of hydrogen-bond acceptors (Lipinski definition) is 3. The zero-order chi connectivity index (χ0) is 16.4. The van der Waals surface area contributed by atoms with Gasteiger partial charge in [-0.25, -0.2) is 4.98 Å². The van der Waals surface area contributed by atoms with Crippen molar-refractivity contribution in [2.45, 2.75) is 12.0 Å². The Bertz CT molecular complexity index is 873. The highest BCUT2D eigenvalue weighted by molar-refractivity contribution is 5.72. The zero-order valence-corrected chi connectivity index (χ0v) is 13.1. The van der Waals surface area contributed by atoms with E-state index in [1.807, 2.05) is 84.9 Å². The number of hydrogen-bond donors (Lipinski definition) is 1. The maximum atomic E-state index is 11.5. The van der Waals surface area contributed by atoms with Gasteiger partial charge in [0.2, 0.25) is 0 Å². The first-order chi connectivity index (χ1) is 11.8. The fraction of sp³-hybridized carbons (Fsp3) is 0.0952. The van der Waals surface area contributed by atoms with Crippen LogP contribution in [-0.4, -0.2) is 10.1 Å². The topological polar surface area (TPSA) is 46.3 Å². The van der Waals surface area contributed by atoms with Crippen molar-refractivity contribution in [2.24, 2.45) is 0 Å². The maximum Gasteiger partial charge on any atom is 0.199 e. The van der Waals surface area contributed by atoms with Crippen LogP contribution in [-0.2, 0) is 12.0 Å². The van der Waals surface area contributed by atoms with Crippen LogP contribution >= 0.6 is 0 Å². The monoisotopic (exact) mass is 315 g/mol. The predicted octanol–water partition coefficient (Wildman–Crippen LogP) is 4.31. The lowest BCUT2D eigenvalue weighted by Crippen LogP contribution is -2.30. The Balaban J connectivity index is 1.81. The lowest BCUT2D eigenvalue weighted by molar-refractivity contribution is 0.0742. The van der Waals surface area contributed by atoms with Crippen molar-refractivity contribution in [3.8, 4) is 0 Å². The number of aliphatic hydroxyl groups is 1. The summed E-state index contributed by atoms with van der Waals surface area (Å²) in [5.74, 6) is 0.520. The van der Waals surface area contributed by atoms with Crippen molar-refractivity contribution in [3.05, 3.63) is 102 Å². The minimum absolute atomic E-state index is 0.274. The van der Waals surface area contributed by atoms with Gasteiger partial charge in [-0.3, -0.25) is 0 Å². The SMILES string of the molecule is OC(Cc1nc2ccccc2o1)(c1ccccc1)c1ccccc1. The Labute approximate surface area is 140 Å². The molecular weight excluding hydrogens is 298 g/mol. The van der Waals surface area contributed by atoms with Crippen molar-refractivity contribution in [2.75, 3.05) is 0 Å². The van der Waals surface area contributed by atoms with Crippen LogP contribution in [0.3, 0.4) is 0 Å². The van der Waals surface area contributed by atoms with Crippen molar-refractivity contribution in [3.63, 3.8) is 0 Å². The minimum atomic E-state index is -1.19. The Kier molecular flexibility index (Phi) is 3.63. The average molecular weight is 315 g/mol. The number of fused-ring (bicyclic) bond motifs is 1. The van der Waals surface area contributed by atoms with Gasteiger partial charge in [-0.05, 0) is 23.3 Å². The molecule has 0 radical (unpaired) electrons. The molecule has 24 heavy (non-hydrogen) atoms. The van der Waals surface area contributed by atoms with E-state index in [4.69, 9.17) is 4.42 Å². The fourth-order valence-electron chi connectivity index (χ4n) is 3.01. The first-order valence-corrected chi connectivity index (χ1v) is 7.93. The summed E-state index contributed by atoms with van der Waals surface area (Å²) in [6, 6.07) is 26.9. The number of para-hydroxylation sites is 2. The van der Waals surface area contributed by atoms with Gasteiger partial charge in [0.25, 0.3) is 0 Å². The fourth-order valence-corrected chi connectivity index (χ4v) is 3.01. The van der Waals surface area contributed by atoms with Crippen molar-refractivity contribution in [1.29, 1.82) is 0 Å². The van der Waals surface area contributed by atoms with E-state index in [9.17, 15) is 5.11 Å². The first-order valence-electron chi connectivity index (χ1n) is 7.93. The molecule has 4 aromatic rings. The van der Waals surface area contributed by atoms with E-state index in [2.05, 4.69) is 4.98 Å². The van der Waals surface area contributed by atoms with Gasteiger partial charge in [0.1, 0.15) is 11.1 Å². The van der Waals surface area contributed by atoms with Gasteiger partial charge >= 0.3 is 0 Å². The van der Waals surface area contributed by atoms with Gasteiger partial charge in [-0.15, -0.1) is 0 Å². The van der Waals surface area contributed by atoms with Crippen molar-refractivity contribution >= 4 is 11.1 Å². The van der Waals surface area contributed by atoms with E-state index in [1.54, 1.807) is 0 Å². The van der Waals surface area contributed by atoms with Crippen LogP contribution in [0.1, 0.15) is 17.0 Å². The zero-order valence-electron chi connectivity index (χ0n) is 13.1. The molecule has 3 heteroatoms. The van der Waals surface area contributed by atoms with Crippen LogP contribution < -0.4 is 0 Å². The molecule has 4 rings (SSSR count). The molecule has 0 saturated carbocycles. The molecule has 0 aliphatic heterocycles. The standard InChI is InChI=1S/C21H17NO2/c23-21(16-9-3-1-4-10-16,17-11-5-2-6-12-17)15-20-22-18-13-7-8-14-19(18)24-20/h1-14,23H,15H2. The smallest absolute Gasteiger partial charge is 0.199 e. The Morgan fingerprint density at radius 1 is 0.750 bits per heavy atom. The van der Waals surface area contributed by atoms with Crippen LogP contribution in [0.2, 0.25) is 0 Å². The summed E-state index contributed by atoms with van der Waals surface area (Å²) < 4.78 is 5.84. The lowest BCUT2D eigenvalue weighted by atomic mass is 9.83. The maximum absolute atomic E-state index is 11.5. The number of aromatic nitrogens is 1. The third kappa shape index (κ3) is 2.59. The molecule has 0 amide bonds. The van der Waals surface area contributed by atoms with Gasteiger partial charge in [0.15, 0.2) is 11.5 Å². The second-order valence-electron chi connectivity index (χ2n) is 5.84. The van der Waals surface area contributed by atoms with Gasteiger partial charge in [-0.1, -0.05) is 72.8 Å². The minimum Gasteiger partial charge on any atom is -0.441 e. The summed E-state index contributed by atoms with van der Waals surface area (Å²) in [7, 11) is 0. The van der Waals surface area contributed by atoms with E-state index in [-0.39, 0.29) is 6.42 Å². The highest BCUT2D eigenvalue weighted by Gasteiger charge is 2.33. The first kappa shape index (κ1) is 14.7. The highest BCUT2D eigenvalue weighted by atomic mass is 16.4. The third-order valence-electron chi connectivity index (χ3n) is 4.25. The summed E-state index contributed by atoms with van der Waals surface area (Å²) in [5, 5.41) is 11.5. The number of oxazole rings is 1. The van der Waals surface area contributed by atoms with E-state index in [0.29, 0.717) is 5.89 Å². The molecule has 0 fully saturated rings. The van der Waals surface area contributed by atoms with E-state index in [0.717, 1.165) is 22.2 Å². The molecule has 0 spiro atoms. The number of nitrogens with zero attached hydrogens (tertiary/aromatic N) is 1. The third-order valence-corrected chi connectivity index (χ3v) is 4.25. The quantitative estimate of drug-likeness (QED) is 0.610. The average Bonchev–Trinajstić information content (AvgIpc) is 3.05. The van der Waals surface area contributed by atoms with Crippen LogP contribution in [0.25, 0.3) is 11.1 Å². The molecule has 1 aromatic heterocycles. The van der Waals surface area contributed by atoms with Gasteiger partial charge in [0.05, 0.1) is 6.42 Å². The van der Waals surface area contributed by atoms with Gasteiger partial charge in [0, 0.05) is 0 Å². The molecule has 0 unspecified atom stereocenters. The van der Waals surface area contributed by atoms with E-state index >= 15 is 0 Å². The molecule has 0 aliphatic rings. The van der Waals surface area contributed by atoms with E-state index < -0.39 is 5.60 Å². The molecule has 0 saturated heterocycles. The molecule has 3 nitrogen and oxygen atoms in total. The summed E-state index contributed by atoms with van der Waals surface area (Å²) in [6.45, 7) is 0. The number of benzene rings is 3. The highest BCUT2D eigenvalue weighted by Crippen LogP contribution is 2.33. The summed E-state index contributed by atoms with van der Waals surface area (Å²) >= 11 is 0. The molecule has 0 aliphatic carbocycles. The normalized spacial score (nSPS) is 11.7. The predicted molar refractivity (Wildman–Crippen MR) is 93.6 cm³/mol. The molecular formula is C21H17NO2. The molecule has 3 aromatic carbocycles. The summed E-state index contributed by atoms with van der Waals surface area (Å²) in [6.07, 6.45) is 0.274. The van der Waals surface area contributed by atoms with Crippen LogP contribution in [0.4, 0.5) is 0 Å². The van der Waals surface area contributed by atoms with Gasteiger partial charge in [-0.2, -0.15) is 0 Å². The van der Waals surface area contributed by atoms with Crippen LogP contribution in [0, 0.1) is 0 Å². The Morgan fingerprint density at radius 3 is 1.88 bits per heavy atom. The summed E-state index contributed by atoms with van der Waals surface area (Å²) in [5.41, 5.74) is 1.98. The van der Waals surface area contributed by atoms with Crippen molar-refractivity contribution in [1.82, 2.24) is 4.98 Å². The molecule has 1 N–H and O–H groups in total. The molecule has 0 bridgehead atoms. The Morgan fingerprint density at radius 2 is 1.29 bits per heavy atom. The second kappa shape index (κ2) is 5.95. The van der Waals surface area contributed by atoms with E-state index in [1.165, 1.54) is 0 Å². The molecule has 118 valence electrons. The Hall–Kier alpha value is -2.91. The lowest BCUT2D eigenvalue weighted by Gasteiger charge is -2.28. The van der Waals surface area contributed by atoms with Crippen LogP contribution in [0.15, 0.2) is 89.3 Å². The molecule has 0 atom stereocenters. The number of rotatable bonds is 4. The molecule has 1 heterocycles.